The lowest BCUT2D eigenvalue weighted by Gasteiger charge is -2.28. The van der Waals surface area contributed by atoms with Crippen molar-refractivity contribution < 1.29 is 19.3 Å². The number of rotatable bonds is 6. The summed E-state index contributed by atoms with van der Waals surface area (Å²) in [4.78, 5) is 0. The van der Waals surface area contributed by atoms with Gasteiger partial charge >= 0.3 is 0 Å². The molecular formula is C10H21NO4. The van der Waals surface area contributed by atoms with Crippen LogP contribution in [0.15, 0.2) is 0 Å². The van der Waals surface area contributed by atoms with E-state index in [1.165, 1.54) is 0 Å². The second-order valence-electron chi connectivity index (χ2n) is 3.87. The first-order chi connectivity index (χ1) is 7.22. The lowest BCUT2D eigenvalue weighted by atomic mass is 10.2. The average Bonchev–Trinajstić information content (AvgIpc) is 2.18. The number of hydrogen-bond donors (Lipinski definition) is 2. The van der Waals surface area contributed by atoms with Gasteiger partial charge in [0, 0.05) is 20.2 Å². The van der Waals surface area contributed by atoms with Gasteiger partial charge in [-0.3, -0.25) is 0 Å². The molecule has 1 fully saturated rings. The molecular weight excluding hydrogens is 198 g/mol. The van der Waals surface area contributed by atoms with Gasteiger partial charge in [0.2, 0.25) is 0 Å². The van der Waals surface area contributed by atoms with Crippen molar-refractivity contribution in [1.29, 1.82) is 0 Å². The van der Waals surface area contributed by atoms with Crippen LogP contribution in [-0.4, -0.2) is 63.4 Å². The minimum Gasteiger partial charge on any atom is -0.388 e. The number of ether oxygens (including phenoxy) is 3. The van der Waals surface area contributed by atoms with E-state index in [4.69, 9.17) is 14.2 Å². The van der Waals surface area contributed by atoms with E-state index in [-0.39, 0.29) is 12.2 Å². The monoisotopic (exact) mass is 219 g/mol. The molecule has 0 aliphatic carbocycles. The fourth-order valence-electron chi connectivity index (χ4n) is 1.55. The van der Waals surface area contributed by atoms with E-state index in [1.54, 1.807) is 7.11 Å². The van der Waals surface area contributed by atoms with E-state index in [0.29, 0.717) is 19.8 Å². The van der Waals surface area contributed by atoms with Gasteiger partial charge in [-0.15, -0.1) is 0 Å². The number of methoxy groups -OCH3 is 1. The van der Waals surface area contributed by atoms with Crippen LogP contribution in [0.1, 0.15) is 6.92 Å². The Labute approximate surface area is 90.7 Å². The van der Waals surface area contributed by atoms with E-state index >= 15 is 0 Å². The molecule has 0 spiro atoms. The van der Waals surface area contributed by atoms with Gasteiger partial charge in [0.25, 0.3) is 0 Å². The second-order valence-corrected chi connectivity index (χ2v) is 3.87. The Kier molecular flexibility index (Phi) is 6.12. The van der Waals surface area contributed by atoms with E-state index in [1.807, 2.05) is 6.92 Å². The van der Waals surface area contributed by atoms with Crippen LogP contribution >= 0.6 is 0 Å². The van der Waals surface area contributed by atoms with Gasteiger partial charge in [-0.25, -0.2) is 0 Å². The topological polar surface area (TPSA) is 60.0 Å². The molecule has 1 heterocycles. The van der Waals surface area contributed by atoms with Crippen molar-refractivity contribution in [1.82, 2.24) is 5.32 Å². The van der Waals surface area contributed by atoms with Gasteiger partial charge in [0.1, 0.15) is 6.10 Å². The minimum atomic E-state index is -0.552. The Bertz CT molecular complexity index is 168. The predicted octanol–water partition coefficient (Wildman–Crippen LogP) is -0.613. The molecule has 5 heteroatoms. The summed E-state index contributed by atoms with van der Waals surface area (Å²) in [5, 5.41) is 12.6. The number of hydrogen-bond acceptors (Lipinski definition) is 5. The second kappa shape index (κ2) is 7.14. The smallest absolute Gasteiger partial charge is 0.101 e. The normalized spacial score (nSPS) is 29.0. The SMILES string of the molecule is COCC(O)COCC1CNCC(C)O1. The van der Waals surface area contributed by atoms with Crippen molar-refractivity contribution in [3.63, 3.8) is 0 Å². The van der Waals surface area contributed by atoms with Crippen molar-refractivity contribution in [2.45, 2.75) is 25.2 Å². The molecule has 1 aliphatic rings. The summed E-state index contributed by atoms with van der Waals surface area (Å²) in [6.45, 7) is 4.84. The minimum absolute atomic E-state index is 0.0866. The zero-order valence-electron chi connectivity index (χ0n) is 9.44. The first-order valence-electron chi connectivity index (χ1n) is 5.33. The fraction of sp³-hybridized carbons (Fsp3) is 1.00. The molecule has 0 aromatic heterocycles. The molecule has 1 rings (SSSR count). The molecule has 2 N–H and O–H groups in total. The number of aliphatic hydroxyl groups excluding tert-OH is 1. The highest BCUT2D eigenvalue weighted by Crippen LogP contribution is 2.03. The summed E-state index contributed by atoms with van der Waals surface area (Å²) in [6, 6.07) is 0. The molecule has 90 valence electrons. The lowest BCUT2D eigenvalue weighted by molar-refractivity contribution is -0.0845. The van der Waals surface area contributed by atoms with Crippen molar-refractivity contribution >= 4 is 0 Å². The standard InChI is InChI=1S/C10H21NO4/c1-8-3-11-4-10(15-8)7-14-6-9(12)5-13-2/h8-12H,3-7H2,1-2H3. The summed E-state index contributed by atoms with van der Waals surface area (Å²) in [7, 11) is 1.55. The quantitative estimate of drug-likeness (QED) is 0.624. The van der Waals surface area contributed by atoms with Crippen LogP contribution in [0.2, 0.25) is 0 Å². The Morgan fingerprint density at radius 1 is 1.47 bits per heavy atom. The summed E-state index contributed by atoms with van der Waals surface area (Å²) in [5.74, 6) is 0. The third-order valence-electron chi connectivity index (χ3n) is 2.20. The Balaban J connectivity index is 2.03. The summed E-state index contributed by atoms with van der Waals surface area (Å²) in [5.41, 5.74) is 0. The number of aliphatic hydroxyl groups is 1. The van der Waals surface area contributed by atoms with Crippen LogP contribution in [-0.2, 0) is 14.2 Å². The van der Waals surface area contributed by atoms with Crippen LogP contribution in [0.5, 0.6) is 0 Å². The van der Waals surface area contributed by atoms with Crippen molar-refractivity contribution in [3.8, 4) is 0 Å². The van der Waals surface area contributed by atoms with Crippen molar-refractivity contribution in [2.24, 2.45) is 0 Å². The fourth-order valence-corrected chi connectivity index (χ4v) is 1.55. The highest BCUT2D eigenvalue weighted by atomic mass is 16.5. The summed E-state index contributed by atoms with van der Waals surface area (Å²) < 4.78 is 15.8. The lowest BCUT2D eigenvalue weighted by Crippen LogP contribution is -2.45. The van der Waals surface area contributed by atoms with Gasteiger partial charge in [0.15, 0.2) is 0 Å². The Morgan fingerprint density at radius 3 is 2.93 bits per heavy atom. The maximum absolute atomic E-state index is 9.32. The first-order valence-corrected chi connectivity index (χ1v) is 5.33. The molecule has 1 saturated heterocycles. The van der Waals surface area contributed by atoms with Gasteiger partial charge in [-0.2, -0.15) is 0 Å². The molecule has 5 nitrogen and oxygen atoms in total. The maximum Gasteiger partial charge on any atom is 0.101 e. The van der Waals surface area contributed by atoms with E-state index in [0.717, 1.165) is 13.1 Å². The molecule has 15 heavy (non-hydrogen) atoms. The Morgan fingerprint density at radius 2 is 2.27 bits per heavy atom. The van der Waals surface area contributed by atoms with E-state index < -0.39 is 6.10 Å². The zero-order valence-corrected chi connectivity index (χ0v) is 9.44. The van der Waals surface area contributed by atoms with E-state index in [2.05, 4.69) is 5.32 Å². The average molecular weight is 219 g/mol. The number of nitrogens with one attached hydrogen (secondary N) is 1. The van der Waals surface area contributed by atoms with Gasteiger partial charge in [0.05, 0.1) is 32.0 Å². The first kappa shape index (κ1) is 12.9. The largest absolute Gasteiger partial charge is 0.388 e. The third kappa shape index (κ3) is 5.44. The van der Waals surface area contributed by atoms with Crippen molar-refractivity contribution in [2.75, 3.05) is 40.0 Å². The van der Waals surface area contributed by atoms with Crippen LogP contribution in [0.3, 0.4) is 0 Å². The highest BCUT2D eigenvalue weighted by molar-refractivity contribution is 4.71. The van der Waals surface area contributed by atoms with Gasteiger partial charge in [-0.05, 0) is 6.92 Å². The van der Waals surface area contributed by atoms with E-state index in [9.17, 15) is 5.11 Å². The summed E-state index contributed by atoms with van der Waals surface area (Å²) in [6.07, 6.45) is -0.233. The molecule has 3 unspecified atom stereocenters. The molecule has 3 atom stereocenters. The van der Waals surface area contributed by atoms with Crippen LogP contribution < -0.4 is 5.32 Å². The Hall–Kier alpha value is -0.200. The van der Waals surface area contributed by atoms with Gasteiger partial charge < -0.3 is 24.6 Å². The molecule has 0 amide bonds. The highest BCUT2D eigenvalue weighted by Gasteiger charge is 2.18. The molecule has 0 aromatic carbocycles. The van der Waals surface area contributed by atoms with Crippen molar-refractivity contribution in [3.05, 3.63) is 0 Å². The van der Waals surface area contributed by atoms with Crippen LogP contribution in [0.25, 0.3) is 0 Å². The number of morpholine rings is 1. The van der Waals surface area contributed by atoms with Crippen LogP contribution in [0.4, 0.5) is 0 Å². The molecule has 0 saturated carbocycles. The maximum atomic E-state index is 9.32. The molecule has 0 radical (unpaired) electrons. The molecule has 0 bridgehead atoms. The predicted molar refractivity (Wildman–Crippen MR) is 55.9 cm³/mol. The van der Waals surface area contributed by atoms with Gasteiger partial charge in [-0.1, -0.05) is 0 Å². The zero-order chi connectivity index (χ0) is 11.1. The third-order valence-corrected chi connectivity index (χ3v) is 2.20. The summed E-state index contributed by atoms with van der Waals surface area (Å²) >= 11 is 0. The molecule has 1 aliphatic heterocycles. The van der Waals surface area contributed by atoms with Crippen LogP contribution in [0, 0.1) is 0 Å². The molecule has 0 aromatic rings.